The van der Waals surface area contributed by atoms with Gasteiger partial charge in [-0.05, 0) is 55.7 Å². The zero-order valence-corrected chi connectivity index (χ0v) is 15.6. The van der Waals surface area contributed by atoms with E-state index in [1.54, 1.807) is 29.2 Å². The van der Waals surface area contributed by atoms with E-state index < -0.39 is 0 Å². The molecule has 1 saturated heterocycles. The van der Waals surface area contributed by atoms with Crippen molar-refractivity contribution >= 4 is 11.8 Å². The molecular formula is C21H26N2O4. The van der Waals surface area contributed by atoms with Gasteiger partial charge in [0.05, 0.1) is 12.9 Å². The van der Waals surface area contributed by atoms with Crippen molar-refractivity contribution in [1.82, 2.24) is 10.2 Å². The third-order valence-corrected chi connectivity index (χ3v) is 4.73. The highest BCUT2D eigenvalue weighted by atomic mass is 16.5. The van der Waals surface area contributed by atoms with Crippen LogP contribution < -0.4 is 10.1 Å². The van der Waals surface area contributed by atoms with E-state index in [0.717, 1.165) is 31.4 Å². The van der Waals surface area contributed by atoms with Gasteiger partial charge in [0.25, 0.3) is 11.8 Å². The molecule has 3 rings (SSSR count). The average Bonchev–Trinajstić information content (AvgIpc) is 3.23. The van der Waals surface area contributed by atoms with Crippen molar-refractivity contribution in [1.29, 1.82) is 0 Å². The Balaban J connectivity index is 1.46. The van der Waals surface area contributed by atoms with Crippen molar-refractivity contribution < 1.29 is 18.7 Å². The van der Waals surface area contributed by atoms with E-state index in [0.29, 0.717) is 31.0 Å². The molecule has 0 radical (unpaired) electrons. The summed E-state index contributed by atoms with van der Waals surface area (Å²) in [5, 5.41) is 3.06. The van der Waals surface area contributed by atoms with Gasteiger partial charge in [0.2, 0.25) is 0 Å². The van der Waals surface area contributed by atoms with Crippen LogP contribution in [0.1, 0.15) is 53.5 Å². The molecule has 0 unspecified atom stereocenters. The predicted molar refractivity (Wildman–Crippen MR) is 102 cm³/mol. The van der Waals surface area contributed by atoms with Crippen LogP contribution in [0.25, 0.3) is 0 Å². The summed E-state index contributed by atoms with van der Waals surface area (Å²) in [6, 6.07) is 10.7. The summed E-state index contributed by atoms with van der Waals surface area (Å²) >= 11 is 0. The van der Waals surface area contributed by atoms with E-state index in [4.69, 9.17) is 9.15 Å². The molecule has 1 N–H and O–H groups in total. The van der Waals surface area contributed by atoms with Gasteiger partial charge in [-0.2, -0.15) is 0 Å². The first-order chi connectivity index (χ1) is 13.2. The highest BCUT2D eigenvalue weighted by Gasteiger charge is 2.26. The number of ether oxygens (including phenoxy) is 1. The average molecular weight is 370 g/mol. The summed E-state index contributed by atoms with van der Waals surface area (Å²) in [5.41, 5.74) is 0.618. The van der Waals surface area contributed by atoms with Crippen LogP contribution in [0.5, 0.6) is 5.75 Å². The molecule has 0 spiro atoms. The number of hydrogen-bond acceptors (Lipinski definition) is 4. The molecule has 2 heterocycles. The Bertz CT molecular complexity index is 732. The molecule has 1 aromatic heterocycles. The summed E-state index contributed by atoms with van der Waals surface area (Å²) in [4.78, 5) is 26.5. The van der Waals surface area contributed by atoms with Crippen molar-refractivity contribution in [3.63, 3.8) is 0 Å². The zero-order chi connectivity index (χ0) is 19.1. The number of rotatable bonds is 7. The molecule has 0 aliphatic carbocycles. The molecular weight excluding hydrogens is 344 g/mol. The van der Waals surface area contributed by atoms with Crippen molar-refractivity contribution in [2.45, 2.75) is 38.6 Å². The normalized spacial score (nSPS) is 14.8. The van der Waals surface area contributed by atoms with E-state index >= 15 is 0 Å². The first-order valence-electron chi connectivity index (χ1n) is 9.54. The van der Waals surface area contributed by atoms with Crippen LogP contribution in [-0.4, -0.2) is 42.5 Å². The largest absolute Gasteiger partial charge is 0.494 e. The molecule has 144 valence electrons. The molecule has 6 nitrogen and oxygen atoms in total. The lowest BCUT2D eigenvalue weighted by atomic mass is 10.0. The Hall–Kier alpha value is -2.76. The molecule has 0 atom stereocenters. The van der Waals surface area contributed by atoms with Gasteiger partial charge in [-0.1, -0.05) is 13.3 Å². The second-order valence-corrected chi connectivity index (χ2v) is 6.74. The maximum Gasteiger partial charge on any atom is 0.289 e. The Morgan fingerprint density at radius 1 is 1.19 bits per heavy atom. The number of nitrogens with zero attached hydrogens (tertiary/aromatic N) is 1. The summed E-state index contributed by atoms with van der Waals surface area (Å²) in [5.74, 6) is 0.956. The predicted octanol–water partition coefficient (Wildman–Crippen LogP) is 3.49. The van der Waals surface area contributed by atoms with Gasteiger partial charge in [0.1, 0.15) is 5.75 Å². The molecule has 27 heavy (non-hydrogen) atoms. The van der Waals surface area contributed by atoms with Crippen LogP contribution in [0.2, 0.25) is 0 Å². The van der Waals surface area contributed by atoms with Gasteiger partial charge in [0.15, 0.2) is 5.76 Å². The molecule has 0 saturated carbocycles. The maximum absolute atomic E-state index is 12.4. The Kier molecular flexibility index (Phi) is 6.52. The number of furan rings is 1. The lowest BCUT2D eigenvalue weighted by molar-refractivity contribution is 0.0667. The molecule has 2 aromatic rings. The SMILES string of the molecule is CCCCOc1ccc(C(=O)NC2CCN(C(=O)c3ccco3)CC2)cc1. The van der Waals surface area contributed by atoms with Gasteiger partial charge in [-0.3, -0.25) is 9.59 Å². The van der Waals surface area contributed by atoms with Gasteiger partial charge in [-0.25, -0.2) is 0 Å². The molecule has 1 fully saturated rings. The number of likely N-dealkylation sites (tertiary alicyclic amines) is 1. The smallest absolute Gasteiger partial charge is 0.289 e. The minimum absolute atomic E-state index is 0.0682. The Morgan fingerprint density at radius 3 is 2.56 bits per heavy atom. The topological polar surface area (TPSA) is 71.8 Å². The first-order valence-corrected chi connectivity index (χ1v) is 9.54. The number of piperidine rings is 1. The number of unbranched alkanes of at least 4 members (excludes halogenated alkanes) is 1. The minimum atomic E-state index is -0.0940. The number of nitrogens with one attached hydrogen (secondary N) is 1. The summed E-state index contributed by atoms with van der Waals surface area (Å²) < 4.78 is 10.8. The molecule has 2 amide bonds. The number of amides is 2. The fourth-order valence-corrected chi connectivity index (χ4v) is 3.09. The highest BCUT2D eigenvalue weighted by Crippen LogP contribution is 2.16. The maximum atomic E-state index is 12.4. The molecule has 6 heteroatoms. The van der Waals surface area contributed by atoms with Crippen LogP contribution in [0.3, 0.4) is 0 Å². The van der Waals surface area contributed by atoms with Crippen LogP contribution in [0.4, 0.5) is 0 Å². The second-order valence-electron chi connectivity index (χ2n) is 6.74. The molecule has 0 bridgehead atoms. The van der Waals surface area contributed by atoms with Crippen molar-refractivity contribution in [3.05, 3.63) is 54.0 Å². The number of carbonyl (C=O) groups excluding carboxylic acids is 2. The Labute approximate surface area is 159 Å². The third-order valence-electron chi connectivity index (χ3n) is 4.73. The first kappa shape index (κ1) is 19.0. The molecule has 1 aromatic carbocycles. The van der Waals surface area contributed by atoms with Crippen molar-refractivity contribution in [2.75, 3.05) is 19.7 Å². The third kappa shape index (κ3) is 5.12. The van der Waals surface area contributed by atoms with Crippen LogP contribution in [-0.2, 0) is 0 Å². The number of hydrogen-bond donors (Lipinski definition) is 1. The van der Waals surface area contributed by atoms with Gasteiger partial charge >= 0.3 is 0 Å². The van der Waals surface area contributed by atoms with E-state index in [1.165, 1.54) is 6.26 Å². The second kappa shape index (κ2) is 9.26. The van der Waals surface area contributed by atoms with Crippen molar-refractivity contribution in [3.8, 4) is 5.75 Å². The fourth-order valence-electron chi connectivity index (χ4n) is 3.09. The van der Waals surface area contributed by atoms with Gasteiger partial charge < -0.3 is 19.4 Å². The van der Waals surface area contributed by atoms with Crippen LogP contribution in [0.15, 0.2) is 47.1 Å². The Morgan fingerprint density at radius 2 is 1.93 bits per heavy atom. The molecule has 1 aliphatic heterocycles. The zero-order valence-electron chi connectivity index (χ0n) is 15.6. The quantitative estimate of drug-likeness (QED) is 0.757. The highest BCUT2D eigenvalue weighted by molar-refractivity contribution is 5.94. The lowest BCUT2D eigenvalue weighted by Gasteiger charge is -2.31. The monoisotopic (exact) mass is 370 g/mol. The van der Waals surface area contributed by atoms with E-state index in [1.807, 2.05) is 12.1 Å². The van der Waals surface area contributed by atoms with E-state index in [9.17, 15) is 9.59 Å². The van der Waals surface area contributed by atoms with E-state index in [2.05, 4.69) is 12.2 Å². The molecule has 1 aliphatic rings. The minimum Gasteiger partial charge on any atom is -0.494 e. The standard InChI is InChI=1S/C21H26N2O4/c1-2-3-14-26-18-8-6-16(7-9-18)20(24)22-17-10-12-23(13-11-17)21(25)19-5-4-15-27-19/h4-9,15,17H,2-3,10-14H2,1H3,(H,22,24). The number of carbonyl (C=O) groups is 2. The fraction of sp³-hybridized carbons (Fsp3) is 0.429. The summed E-state index contributed by atoms with van der Waals surface area (Å²) in [6.07, 6.45) is 5.07. The van der Waals surface area contributed by atoms with Crippen LogP contribution in [0, 0.1) is 0 Å². The van der Waals surface area contributed by atoms with Crippen LogP contribution >= 0.6 is 0 Å². The van der Waals surface area contributed by atoms with Crippen molar-refractivity contribution in [2.24, 2.45) is 0 Å². The van der Waals surface area contributed by atoms with Gasteiger partial charge in [-0.15, -0.1) is 0 Å². The number of benzene rings is 1. The summed E-state index contributed by atoms with van der Waals surface area (Å²) in [6.45, 7) is 4.02. The van der Waals surface area contributed by atoms with Gasteiger partial charge in [0, 0.05) is 24.7 Å². The lowest BCUT2D eigenvalue weighted by Crippen LogP contribution is -2.46. The van der Waals surface area contributed by atoms with E-state index in [-0.39, 0.29) is 17.9 Å². The summed E-state index contributed by atoms with van der Waals surface area (Å²) in [7, 11) is 0.